The van der Waals surface area contributed by atoms with Crippen LogP contribution in [0, 0.1) is 0 Å². The summed E-state index contributed by atoms with van der Waals surface area (Å²) in [5.74, 6) is 0.324. The second-order valence-corrected chi connectivity index (χ2v) is 7.42. The van der Waals surface area contributed by atoms with Gasteiger partial charge >= 0.3 is 0 Å². The maximum Gasteiger partial charge on any atom is 0.0468 e. The molecule has 4 aromatic rings. The van der Waals surface area contributed by atoms with Crippen molar-refractivity contribution in [3.8, 4) is 0 Å². The van der Waals surface area contributed by atoms with Crippen molar-refractivity contribution in [2.75, 3.05) is 0 Å². The number of halogens is 2. The van der Waals surface area contributed by atoms with E-state index < -0.39 is 0 Å². The Morgan fingerprint density at radius 2 is 1.23 bits per heavy atom. The van der Waals surface area contributed by atoms with Crippen LogP contribution in [0.5, 0.6) is 0 Å². The zero-order chi connectivity index (χ0) is 15.3. The molecule has 2 N–H and O–H groups in total. The third-order valence-electron chi connectivity index (χ3n) is 4.28. The molecule has 0 spiro atoms. The van der Waals surface area contributed by atoms with E-state index >= 15 is 0 Å². The maximum atomic E-state index is 3.53. The number of H-pyrrole nitrogens is 2. The van der Waals surface area contributed by atoms with Crippen LogP contribution < -0.4 is 0 Å². The summed E-state index contributed by atoms with van der Waals surface area (Å²) >= 11 is 7.05. The molecule has 22 heavy (non-hydrogen) atoms. The topological polar surface area (TPSA) is 31.6 Å². The molecular weight excluding hydrogens is 404 g/mol. The lowest BCUT2D eigenvalue weighted by atomic mass is 9.92. The van der Waals surface area contributed by atoms with Gasteiger partial charge in [0.2, 0.25) is 0 Å². The van der Waals surface area contributed by atoms with Gasteiger partial charge < -0.3 is 9.97 Å². The molecular formula is C18H14Br2N2. The van der Waals surface area contributed by atoms with Crippen molar-refractivity contribution in [2.45, 2.75) is 12.8 Å². The van der Waals surface area contributed by atoms with Gasteiger partial charge in [-0.2, -0.15) is 0 Å². The molecule has 2 heterocycles. The van der Waals surface area contributed by atoms with Crippen LogP contribution in [0.3, 0.4) is 0 Å². The van der Waals surface area contributed by atoms with Crippen LogP contribution in [0.1, 0.15) is 24.0 Å². The van der Waals surface area contributed by atoms with E-state index in [1.165, 1.54) is 32.9 Å². The lowest BCUT2D eigenvalue weighted by molar-refractivity contribution is 0.942. The van der Waals surface area contributed by atoms with Crippen LogP contribution in [0.25, 0.3) is 21.8 Å². The summed E-state index contributed by atoms with van der Waals surface area (Å²) in [6, 6.07) is 12.8. The second-order valence-electron chi connectivity index (χ2n) is 5.59. The zero-order valence-corrected chi connectivity index (χ0v) is 15.1. The van der Waals surface area contributed by atoms with Crippen molar-refractivity contribution in [3.05, 3.63) is 68.9 Å². The highest BCUT2D eigenvalue weighted by Crippen LogP contribution is 2.35. The molecule has 0 amide bonds. The minimum Gasteiger partial charge on any atom is -0.361 e. The number of hydrogen-bond donors (Lipinski definition) is 2. The Kier molecular flexibility index (Phi) is 3.39. The fourth-order valence-corrected chi connectivity index (χ4v) is 3.85. The van der Waals surface area contributed by atoms with Gasteiger partial charge in [-0.1, -0.05) is 50.9 Å². The number of nitrogens with one attached hydrogen (secondary N) is 2. The van der Waals surface area contributed by atoms with Crippen LogP contribution in [-0.4, -0.2) is 9.97 Å². The molecule has 0 unspecified atom stereocenters. The van der Waals surface area contributed by atoms with Gasteiger partial charge in [0.15, 0.2) is 0 Å². The van der Waals surface area contributed by atoms with Gasteiger partial charge in [0.25, 0.3) is 0 Å². The average Bonchev–Trinajstić information content (AvgIpc) is 3.09. The molecule has 0 aliphatic rings. The first-order chi connectivity index (χ1) is 10.6. The fourth-order valence-electron chi connectivity index (χ4n) is 3.13. The summed E-state index contributed by atoms with van der Waals surface area (Å²) in [5.41, 5.74) is 4.98. The van der Waals surface area contributed by atoms with Crippen molar-refractivity contribution in [3.63, 3.8) is 0 Å². The quantitative estimate of drug-likeness (QED) is 0.382. The number of rotatable bonds is 2. The molecule has 0 atom stereocenters. The standard InChI is InChI=1S/C18H14Br2N2/c1-10(15-8-21-17-6-11(19)2-4-13(15)17)16-9-22-18-7-12(20)3-5-14(16)18/h2-10,21-22H,1H3. The first-order valence-corrected chi connectivity index (χ1v) is 8.75. The molecule has 0 aliphatic carbocycles. The van der Waals surface area contributed by atoms with Gasteiger partial charge in [0.05, 0.1) is 0 Å². The van der Waals surface area contributed by atoms with Crippen molar-refractivity contribution in [1.29, 1.82) is 0 Å². The van der Waals surface area contributed by atoms with E-state index in [0.717, 1.165) is 8.95 Å². The number of aromatic nitrogens is 2. The second kappa shape index (κ2) is 5.28. The summed E-state index contributed by atoms with van der Waals surface area (Å²) < 4.78 is 2.19. The third kappa shape index (κ3) is 2.22. The molecule has 0 radical (unpaired) electrons. The average molecular weight is 418 g/mol. The third-order valence-corrected chi connectivity index (χ3v) is 5.27. The van der Waals surface area contributed by atoms with Crippen molar-refractivity contribution in [2.24, 2.45) is 0 Å². The fraction of sp³-hybridized carbons (Fsp3) is 0.111. The van der Waals surface area contributed by atoms with Crippen LogP contribution in [0.15, 0.2) is 57.7 Å². The molecule has 4 heteroatoms. The minimum atomic E-state index is 0.324. The molecule has 2 aromatic heterocycles. The number of hydrogen-bond acceptors (Lipinski definition) is 0. The van der Waals surface area contributed by atoms with Crippen molar-refractivity contribution < 1.29 is 0 Å². The first kappa shape index (κ1) is 14.1. The normalized spacial score (nSPS) is 11.8. The van der Waals surface area contributed by atoms with Gasteiger partial charge in [-0.3, -0.25) is 0 Å². The minimum absolute atomic E-state index is 0.324. The van der Waals surface area contributed by atoms with Crippen molar-refractivity contribution in [1.82, 2.24) is 9.97 Å². The molecule has 0 bridgehead atoms. The van der Waals surface area contributed by atoms with E-state index in [9.17, 15) is 0 Å². The van der Waals surface area contributed by atoms with Crippen LogP contribution in [0.4, 0.5) is 0 Å². The Hall–Kier alpha value is -1.52. The van der Waals surface area contributed by atoms with Crippen LogP contribution >= 0.6 is 31.9 Å². The van der Waals surface area contributed by atoms with Crippen LogP contribution in [-0.2, 0) is 0 Å². The summed E-state index contributed by atoms with van der Waals surface area (Å²) in [4.78, 5) is 6.76. The lowest BCUT2D eigenvalue weighted by Crippen LogP contribution is -1.93. The number of fused-ring (bicyclic) bond motifs is 2. The summed E-state index contributed by atoms with van der Waals surface area (Å²) in [6.45, 7) is 2.26. The monoisotopic (exact) mass is 416 g/mol. The Bertz CT molecular complexity index is 901. The predicted octanol–water partition coefficient (Wildman–Crippen LogP) is 6.33. The van der Waals surface area contributed by atoms with Gasteiger partial charge in [0.1, 0.15) is 0 Å². The van der Waals surface area contributed by atoms with Gasteiger partial charge in [0, 0.05) is 49.1 Å². The maximum absolute atomic E-state index is 3.53. The molecule has 2 aromatic carbocycles. The molecule has 4 rings (SSSR count). The Morgan fingerprint density at radius 1 is 0.773 bits per heavy atom. The molecule has 0 fully saturated rings. The first-order valence-electron chi connectivity index (χ1n) is 7.16. The highest BCUT2D eigenvalue weighted by Gasteiger charge is 2.17. The predicted molar refractivity (Wildman–Crippen MR) is 99.5 cm³/mol. The van der Waals surface area contributed by atoms with E-state index in [1.807, 2.05) is 0 Å². The molecule has 0 saturated carbocycles. The van der Waals surface area contributed by atoms with E-state index in [-0.39, 0.29) is 0 Å². The highest BCUT2D eigenvalue weighted by molar-refractivity contribution is 9.10. The molecule has 2 nitrogen and oxygen atoms in total. The highest BCUT2D eigenvalue weighted by atomic mass is 79.9. The van der Waals surface area contributed by atoms with Gasteiger partial charge in [-0.15, -0.1) is 0 Å². The molecule has 0 aliphatic heterocycles. The van der Waals surface area contributed by atoms with Crippen LogP contribution in [0.2, 0.25) is 0 Å². The number of benzene rings is 2. The SMILES string of the molecule is CC(c1c[nH]c2cc(Br)ccc12)c1c[nH]c2cc(Br)ccc12. The summed E-state index contributed by atoms with van der Waals surface area (Å²) in [6.07, 6.45) is 4.25. The Labute approximate surface area is 145 Å². The Balaban J connectivity index is 1.86. The molecule has 0 saturated heterocycles. The van der Waals surface area contributed by atoms with Gasteiger partial charge in [-0.05, 0) is 35.4 Å². The van der Waals surface area contributed by atoms with E-state index in [1.54, 1.807) is 0 Å². The van der Waals surface area contributed by atoms with Crippen molar-refractivity contribution >= 4 is 53.7 Å². The van der Waals surface area contributed by atoms with E-state index in [0.29, 0.717) is 5.92 Å². The summed E-state index contributed by atoms with van der Waals surface area (Å²) in [7, 11) is 0. The number of aromatic amines is 2. The Morgan fingerprint density at radius 3 is 1.68 bits per heavy atom. The molecule has 110 valence electrons. The largest absolute Gasteiger partial charge is 0.361 e. The zero-order valence-electron chi connectivity index (χ0n) is 12.0. The lowest BCUT2D eigenvalue weighted by Gasteiger charge is -2.10. The smallest absolute Gasteiger partial charge is 0.0468 e. The van der Waals surface area contributed by atoms with E-state index in [2.05, 4.69) is 97.5 Å². The van der Waals surface area contributed by atoms with E-state index in [4.69, 9.17) is 0 Å². The van der Waals surface area contributed by atoms with Gasteiger partial charge in [-0.25, -0.2) is 0 Å². The summed E-state index contributed by atoms with van der Waals surface area (Å²) in [5, 5.41) is 2.56.